The van der Waals surface area contributed by atoms with Crippen LogP contribution in [0, 0.1) is 5.41 Å². The van der Waals surface area contributed by atoms with Crippen molar-refractivity contribution in [3.8, 4) is 0 Å². The maximum atomic E-state index is 12.4. The van der Waals surface area contributed by atoms with E-state index in [2.05, 4.69) is 17.1 Å². The standard InChI is InChI=1S/C16H25N3OS/c1-12(19-8-7-16(2,10-17)11-19)15(20)18-13-5-4-6-14(9-13)21-3/h4-6,9,12H,7-8,10-11,17H2,1-3H3,(H,18,20). The molecule has 1 aromatic carbocycles. The number of likely N-dealkylation sites (tertiary alicyclic amines) is 1. The lowest BCUT2D eigenvalue weighted by Crippen LogP contribution is -2.42. The number of nitrogens with one attached hydrogen (secondary N) is 1. The van der Waals surface area contributed by atoms with Crippen LogP contribution in [-0.4, -0.2) is 42.7 Å². The molecule has 3 N–H and O–H groups in total. The molecule has 116 valence electrons. The van der Waals surface area contributed by atoms with Gasteiger partial charge in [0.2, 0.25) is 5.91 Å². The number of nitrogens with zero attached hydrogens (tertiary/aromatic N) is 1. The molecule has 0 saturated carbocycles. The van der Waals surface area contributed by atoms with E-state index in [9.17, 15) is 4.79 Å². The number of rotatable bonds is 5. The summed E-state index contributed by atoms with van der Waals surface area (Å²) in [5, 5.41) is 3.01. The smallest absolute Gasteiger partial charge is 0.241 e. The molecule has 0 aromatic heterocycles. The van der Waals surface area contributed by atoms with Crippen molar-refractivity contribution in [2.75, 3.05) is 31.2 Å². The SMILES string of the molecule is CSc1cccc(NC(=O)C(C)N2CCC(C)(CN)C2)c1. The number of thioether (sulfide) groups is 1. The van der Waals surface area contributed by atoms with Gasteiger partial charge >= 0.3 is 0 Å². The summed E-state index contributed by atoms with van der Waals surface area (Å²) in [5.41, 5.74) is 6.84. The van der Waals surface area contributed by atoms with Crippen molar-refractivity contribution in [2.45, 2.75) is 31.2 Å². The van der Waals surface area contributed by atoms with Gasteiger partial charge in [-0.05, 0) is 56.3 Å². The highest BCUT2D eigenvalue weighted by molar-refractivity contribution is 7.98. The lowest BCUT2D eigenvalue weighted by molar-refractivity contribution is -0.120. The molecule has 0 radical (unpaired) electrons. The molecule has 1 heterocycles. The predicted octanol–water partition coefficient (Wildman–Crippen LogP) is 2.41. The molecule has 1 amide bonds. The summed E-state index contributed by atoms with van der Waals surface area (Å²) in [7, 11) is 0. The first kappa shape index (κ1) is 16.3. The van der Waals surface area contributed by atoms with Gasteiger partial charge in [0.25, 0.3) is 0 Å². The molecule has 5 heteroatoms. The van der Waals surface area contributed by atoms with Crippen LogP contribution in [0.5, 0.6) is 0 Å². The van der Waals surface area contributed by atoms with E-state index in [-0.39, 0.29) is 17.4 Å². The van der Waals surface area contributed by atoms with Crippen LogP contribution in [-0.2, 0) is 4.79 Å². The third-order valence-corrected chi connectivity index (χ3v) is 5.07. The minimum absolute atomic E-state index is 0.0505. The first-order chi connectivity index (χ1) is 9.97. The number of amides is 1. The second-order valence-electron chi connectivity index (χ2n) is 6.13. The minimum atomic E-state index is -0.128. The molecule has 2 unspecified atom stereocenters. The summed E-state index contributed by atoms with van der Waals surface area (Å²) in [6.07, 6.45) is 3.09. The van der Waals surface area contributed by atoms with E-state index in [4.69, 9.17) is 5.73 Å². The highest BCUT2D eigenvalue weighted by Gasteiger charge is 2.36. The molecule has 1 aliphatic rings. The van der Waals surface area contributed by atoms with Crippen LogP contribution >= 0.6 is 11.8 Å². The Hall–Kier alpha value is -1.04. The van der Waals surface area contributed by atoms with Crippen LogP contribution in [0.25, 0.3) is 0 Å². The third-order valence-electron chi connectivity index (χ3n) is 4.34. The molecule has 2 atom stereocenters. The van der Waals surface area contributed by atoms with E-state index in [0.717, 1.165) is 30.1 Å². The van der Waals surface area contributed by atoms with Gasteiger partial charge in [-0.15, -0.1) is 11.8 Å². The Labute approximate surface area is 131 Å². The van der Waals surface area contributed by atoms with E-state index in [1.165, 1.54) is 0 Å². The van der Waals surface area contributed by atoms with Crippen LogP contribution in [0.15, 0.2) is 29.2 Å². The summed E-state index contributed by atoms with van der Waals surface area (Å²) < 4.78 is 0. The average Bonchev–Trinajstić information content (AvgIpc) is 2.90. The Morgan fingerprint density at radius 3 is 2.95 bits per heavy atom. The molecule has 0 aliphatic carbocycles. The van der Waals surface area contributed by atoms with Gasteiger partial charge < -0.3 is 11.1 Å². The first-order valence-corrected chi connectivity index (χ1v) is 8.59. The normalized spacial score (nSPS) is 24.0. The largest absolute Gasteiger partial charge is 0.330 e. The molecule has 1 aromatic rings. The fourth-order valence-corrected chi connectivity index (χ4v) is 3.13. The van der Waals surface area contributed by atoms with Crippen molar-refractivity contribution in [3.05, 3.63) is 24.3 Å². The fourth-order valence-electron chi connectivity index (χ4n) is 2.67. The van der Waals surface area contributed by atoms with E-state index in [1.807, 2.05) is 37.4 Å². The van der Waals surface area contributed by atoms with Gasteiger partial charge in [0, 0.05) is 17.1 Å². The fraction of sp³-hybridized carbons (Fsp3) is 0.562. The van der Waals surface area contributed by atoms with Crippen LogP contribution < -0.4 is 11.1 Å². The first-order valence-electron chi connectivity index (χ1n) is 7.36. The van der Waals surface area contributed by atoms with Crippen LogP contribution in [0.2, 0.25) is 0 Å². The number of anilines is 1. The lowest BCUT2D eigenvalue weighted by atomic mass is 9.90. The topological polar surface area (TPSA) is 58.4 Å². The van der Waals surface area contributed by atoms with E-state index in [0.29, 0.717) is 6.54 Å². The molecule has 0 spiro atoms. The number of hydrogen-bond acceptors (Lipinski definition) is 4. The highest BCUT2D eigenvalue weighted by atomic mass is 32.2. The molecule has 21 heavy (non-hydrogen) atoms. The van der Waals surface area contributed by atoms with Crippen molar-refractivity contribution < 1.29 is 4.79 Å². The summed E-state index contributed by atoms with van der Waals surface area (Å²) >= 11 is 1.67. The summed E-state index contributed by atoms with van der Waals surface area (Å²) in [5.74, 6) is 0.0505. The van der Waals surface area contributed by atoms with Gasteiger partial charge in [0.05, 0.1) is 6.04 Å². The second kappa shape index (κ2) is 6.81. The molecule has 1 fully saturated rings. The summed E-state index contributed by atoms with van der Waals surface area (Å²) in [6, 6.07) is 7.81. The summed E-state index contributed by atoms with van der Waals surface area (Å²) in [4.78, 5) is 15.8. The third kappa shape index (κ3) is 3.99. The van der Waals surface area contributed by atoms with Gasteiger partial charge in [-0.25, -0.2) is 0 Å². The second-order valence-corrected chi connectivity index (χ2v) is 7.01. The van der Waals surface area contributed by atoms with E-state index in [1.54, 1.807) is 11.8 Å². The molecule has 1 aliphatic heterocycles. The van der Waals surface area contributed by atoms with Crippen molar-refractivity contribution in [3.63, 3.8) is 0 Å². The van der Waals surface area contributed by atoms with Crippen molar-refractivity contribution >= 4 is 23.4 Å². The molecule has 0 bridgehead atoms. The van der Waals surface area contributed by atoms with Gasteiger partial charge in [0.15, 0.2) is 0 Å². The maximum Gasteiger partial charge on any atom is 0.241 e. The quantitative estimate of drug-likeness (QED) is 0.820. The van der Waals surface area contributed by atoms with Crippen LogP contribution in [0.3, 0.4) is 0 Å². The monoisotopic (exact) mass is 307 g/mol. The Morgan fingerprint density at radius 1 is 1.57 bits per heavy atom. The zero-order valence-electron chi connectivity index (χ0n) is 13.1. The van der Waals surface area contributed by atoms with Crippen molar-refractivity contribution in [1.82, 2.24) is 4.90 Å². The highest BCUT2D eigenvalue weighted by Crippen LogP contribution is 2.30. The zero-order chi connectivity index (χ0) is 15.5. The van der Waals surface area contributed by atoms with Gasteiger partial charge in [-0.2, -0.15) is 0 Å². The zero-order valence-corrected chi connectivity index (χ0v) is 13.9. The Bertz CT molecular complexity index is 508. The van der Waals surface area contributed by atoms with Crippen molar-refractivity contribution in [2.24, 2.45) is 11.1 Å². The molecular formula is C16H25N3OS. The molecular weight excluding hydrogens is 282 g/mol. The van der Waals surface area contributed by atoms with Crippen LogP contribution in [0.4, 0.5) is 5.69 Å². The van der Waals surface area contributed by atoms with E-state index >= 15 is 0 Å². The molecule has 2 rings (SSSR count). The Morgan fingerprint density at radius 2 is 2.33 bits per heavy atom. The molecule has 1 saturated heterocycles. The Balaban J connectivity index is 1.97. The number of nitrogens with two attached hydrogens (primary N) is 1. The molecule has 4 nitrogen and oxygen atoms in total. The number of hydrogen-bond donors (Lipinski definition) is 2. The lowest BCUT2D eigenvalue weighted by Gasteiger charge is -2.26. The predicted molar refractivity (Wildman–Crippen MR) is 89.7 cm³/mol. The Kier molecular flexibility index (Phi) is 5.30. The van der Waals surface area contributed by atoms with Crippen LogP contribution in [0.1, 0.15) is 20.3 Å². The average molecular weight is 307 g/mol. The van der Waals surface area contributed by atoms with E-state index < -0.39 is 0 Å². The summed E-state index contributed by atoms with van der Waals surface area (Å²) in [6.45, 7) is 6.67. The van der Waals surface area contributed by atoms with Gasteiger partial charge in [0.1, 0.15) is 0 Å². The number of carbonyl (C=O) groups excluding carboxylic acids is 1. The van der Waals surface area contributed by atoms with Crippen molar-refractivity contribution in [1.29, 1.82) is 0 Å². The minimum Gasteiger partial charge on any atom is -0.330 e. The number of carbonyl (C=O) groups is 1. The van der Waals surface area contributed by atoms with Gasteiger partial charge in [-0.1, -0.05) is 13.0 Å². The van der Waals surface area contributed by atoms with Gasteiger partial charge in [-0.3, -0.25) is 9.69 Å². The maximum absolute atomic E-state index is 12.4. The number of benzene rings is 1.